The number of rotatable bonds is 8. The monoisotopic (exact) mass is 493 g/mol. The molecule has 0 fully saturated rings. The molecule has 0 saturated heterocycles. The van der Waals surface area contributed by atoms with Crippen LogP contribution in [-0.4, -0.2) is 37.3 Å². The van der Waals surface area contributed by atoms with E-state index in [2.05, 4.69) is 31.9 Å². The minimum Gasteiger partial charge on any atom is -0.490 e. The van der Waals surface area contributed by atoms with Gasteiger partial charge < -0.3 is 20.1 Å². The standard InChI is InChI=1S/C21H24BrN3O4S/c1-4-19(26)23-16-6-5-7-17(13(16)2)24-21(30)25-20(27)15-12-14(22)8-9-18(15)29-11-10-28-3/h5-9,12H,4,10-11H2,1-3H3,(H,23,26)(H2,24,25,27,30). The van der Waals surface area contributed by atoms with E-state index in [1.165, 1.54) is 0 Å². The third-order valence-electron chi connectivity index (χ3n) is 4.14. The first-order valence-electron chi connectivity index (χ1n) is 9.28. The zero-order chi connectivity index (χ0) is 22.1. The molecule has 0 saturated carbocycles. The van der Waals surface area contributed by atoms with E-state index in [1.807, 2.05) is 13.0 Å². The maximum atomic E-state index is 12.8. The molecule has 0 heterocycles. The first-order chi connectivity index (χ1) is 14.3. The van der Waals surface area contributed by atoms with Crippen molar-refractivity contribution in [2.75, 3.05) is 31.0 Å². The number of halogens is 1. The molecule has 2 aromatic carbocycles. The molecule has 160 valence electrons. The van der Waals surface area contributed by atoms with Crippen LogP contribution in [0.25, 0.3) is 0 Å². The topological polar surface area (TPSA) is 88.7 Å². The van der Waals surface area contributed by atoms with E-state index in [0.717, 1.165) is 10.0 Å². The van der Waals surface area contributed by atoms with Gasteiger partial charge in [-0.3, -0.25) is 14.9 Å². The van der Waals surface area contributed by atoms with E-state index < -0.39 is 5.91 Å². The second kappa shape index (κ2) is 11.6. The van der Waals surface area contributed by atoms with Gasteiger partial charge in [0.25, 0.3) is 5.91 Å². The number of thiocarbonyl (C=S) groups is 1. The van der Waals surface area contributed by atoms with Crippen LogP contribution in [0, 0.1) is 6.92 Å². The number of nitrogens with one attached hydrogen (secondary N) is 3. The summed E-state index contributed by atoms with van der Waals surface area (Å²) in [5, 5.41) is 8.63. The third-order valence-corrected chi connectivity index (χ3v) is 4.83. The van der Waals surface area contributed by atoms with Crippen LogP contribution in [0.2, 0.25) is 0 Å². The van der Waals surface area contributed by atoms with Crippen LogP contribution in [0.5, 0.6) is 5.75 Å². The Morgan fingerprint density at radius 1 is 1.10 bits per heavy atom. The van der Waals surface area contributed by atoms with Crippen LogP contribution in [0.1, 0.15) is 29.3 Å². The first-order valence-corrected chi connectivity index (χ1v) is 10.5. The second-order valence-corrected chi connectivity index (χ2v) is 7.59. The lowest BCUT2D eigenvalue weighted by Crippen LogP contribution is -2.34. The van der Waals surface area contributed by atoms with Crippen molar-refractivity contribution < 1.29 is 19.1 Å². The maximum absolute atomic E-state index is 12.8. The highest BCUT2D eigenvalue weighted by molar-refractivity contribution is 9.10. The fraction of sp³-hybridized carbons (Fsp3) is 0.286. The number of carbonyl (C=O) groups is 2. The maximum Gasteiger partial charge on any atom is 0.261 e. The van der Waals surface area contributed by atoms with Crippen LogP contribution >= 0.6 is 28.1 Å². The lowest BCUT2D eigenvalue weighted by atomic mass is 10.1. The Labute approximate surface area is 189 Å². The predicted molar refractivity (Wildman–Crippen MR) is 125 cm³/mol. The summed E-state index contributed by atoms with van der Waals surface area (Å²) in [5.41, 5.74) is 2.51. The van der Waals surface area contributed by atoms with Crippen LogP contribution in [0.15, 0.2) is 40.9 Å². The molecule has 2 amide bonds. The fourth-order valence-corrected chi connectivity index (χ4v) is 3.07. The van der Waals surface area contributed by atoms with Gasteiger partial charge in [-0.15, -0.1) is 0 Å². The number of methoxy groups -OCH3 is 1. The zero-order valence-corrected chi connectivity index (χ0v) is 19.4. The summed E-state index contributed by atoms with van der Waals surface area (Å²) in [7, 11) is 1.58. The Kier molecular flexibility index (Phi) is 9.22. The fourth-order valence-electron chi connectivity index (χ4n) is 2.51. The number of hydrogen-bond donors (Lipinski definition) is 3. The van der Waals surface area contributed by atoms with Crippen molar-refractivity contribution in [3.05, 3.63) is 52.0 Å². The molecule has 30 heavy (non-hydrogen) atoms. The Hall–Kier alpha value is -2.49. The Balaban J connectivity index is 2.10. The Morgan fingerprint density at radius 2 is 1.80 bits per heavy atom. The molecule has 2 rings (SSSR count). The van der Waals surface area contributed by atoms with Crippen molar-refractivity contribution in [1.82, 2.24) is 5.32 Å². The van der Waals surface area contributed by atoms with Gasteiger partial charge in [0.15, 0.2) is 5.11 Å². The molecule has 9 heteroatoms. The van der Waals surface area contributed by atoms with Gasteiger partial charge in [0.1, 0.15) is 12.4 Å². The van der Waals surface area contributed by atoms with Gasteiger partial charge in [0.2, 0.25) is 5.91 Å². The number of anilines is 2. The highest BCUT2D eigenvalue weighted by atomic mass is 79.9. The smallest absolute Gasteiger partial charge is 0.261 e. The van der Waals surface area contributed by atoms with Crippen LogP contribution in [0.3, 0.4) is 0 Å². The van der Waals surface area contributed by atoms with E-state index in [4.69, 9.17) is 21.7 Å². The summed E-state index contributed by atoms with van der Waals surface area (Å²) < 4.78 is 11.3. The minimum atomic E-state index is -0.408. The second-order valence-electron chi connectivity index (χ2n) is 6.27. The molecule has 0 atom stereocenters. The molecule has 0 aliphatic heterocycles. The van der Waals surface area contributed by atoms with E-state index in [0.29, 0.717) is 42.3 Å². The average molecular weight is 494 g/mol. The number of ether oxygens (including phenoxy) is 2. The van der Waals surface area contributed by atoms with Crippen LogP contribution < -0.4 is 20.7 Å². The molecule has 0 aliphatic carbocycles. The molecule has 0 radical (unpaired) electrons. The molecule has 0 unspecified atom stereocenters. The van der Waals surface area contributed by atoms with Crippen molar-refractivity contribution in [3.63, 3.8) is 0 Å². The van der Waals surface area contributed by atoms with Crippen LogP contribution in [-0.2, 0) is 9.53 Å². The van der Waals surface area contributed by atoms with Crippen molar-refractivity contribution in [1.29, 1.82) is 0 Å². The normalized spacial score (nSPS) is 10.3. The van der Waals surface area contributed by atoms with Crippen molar-refractivity contribution in [3.8, 4) is 5.75 Å². The molecule has 0 aromatic heterocycles. The van der Waals surface area contributed by atoms with Crippen molar-refractivity contribution in [2.24, 2.45) is 0 Å². The van der Waals surface area contributed by atoms with Crippen molar-refractivity contribution >= 4 is 56.4 Å². The summed E-state index contributed by atoms with van der Waals surface area (Å²) in [6.07, 6.45) is 0.382. The lowest BCUT2D eigenvalue weighted by Gasteiger charge is -2.16. The molecular formula is C21H24BrN3O4S. The number of benzene rings is 2. The van der Waals surface area contributed by atoms with Crippen LogP contribution in [0.4, 0.5) is 11.4 Å². The number of hydrogen-bond acceptors (Lipinski definition) is 5. The molecule has 0 spiro atoms. The average Bonchev–Trinajstić information content (AvgIpc) is 2.71. The quantitative estimate of drug-likeness (QED) is 0.376. The lowest BCUT2D eigenvalue weighted by molar-refractivity contribution is -0.115. The van der Waals surface area contributed by atoms with E-state index in [-0.39, 0.29) is 11.0 Å². The number of carbonyl (C=O) groups excluding carboxylic acids is 2. The SMILES string of the molecule is CCC(=O)Nc1cccc(NC(=S)NC(=O)c2cc(Br)ccc2OCCOC)c1C. The van der Waals surface area contributed by atoms with Gasteiger partial charge in [-0.05, 0) is 55.0 Å². The summed E-state index contributed by atoms with van der Waals surface area (Å²) >= 11 is 8.67. The molecule has 2 aromatic rings. The minimum absolute atomic E-state index is 0.0817. The van der Waals surface area contributed by atoms with E-state index >= 15 is 0 Å². The summed E-state index contributed by atoms with van der Waals surface area (Å²) in [5.74, 6) is -0.0629. The largest absolute Gasteiger partial charge is 0.490 e. The van der Waals surface area contributed by atoms with Crippen molar-refractivity contribution in [2.45, 2.75) is 20.3 Å². The molecule has 7 nitrogen and oxygen atoms in total. The highest BCUT2D eigenvalue weighted by Crippen LogP contribution is 2.25. The van der Waals surface area contributed by atoms with Gasteiger partial charge >= 0.3 is 0 Å². The summed E-state index contributed by atoms with van der Waals surface area (Å²) in [6.45, 7) is 4.36. The predicted octanol–water partition coefficient (Wildman–Crippen LogP) is 4.26. The summed E-state index contributed by atoms with van der Waals surface area (Å²) in [6, 6.07) is 10.6. The zero-order valence-electron chi connectivity index (χ0n) is 17.0. The van der Waals surface area contributed by atoms with Gasteiger partial charge in [-0.25, -0.2) is 0 Å². The van der Waals surface area contributed by atoms with Gasteiger partial charge in [0, 0.05) is 29.4 Å². The Bertz CT molecular complexity index is 936. The molecule has 3 N–H and O–H groups in total. The number of amides is 2. The van der Waals surface area contributed by atoms with E-state index in [9.17, 15) is 9.59 Å². The van der Waals surface area contributed by atoms with Gasteiger partial charge in [-0.2, -0.15) is 0 Å². The van der Waals surface area contributed by atoms with E-state index in [1.54, 1.807) is 44.4 Å². The molecule has 0 bridgehead atoms. The molecule has 0 aliphatic rings. The first kappa shape index (κ1) is 23.8. The third kappa shape index (κ3) is 6.79. The summed E-state index contributed by atoms with van der Waals surface area (Å²) in [4.78, 5) is 24.4. The van der Waals surface area contributed by atoms with Gasteiger partial charge in [-0.1, -0.05) is 28.9 Å². The molecular weight excluding hydrogens is 470 g/mol. The highest BCUT2D eigenvalue weighted by Gasteiger charge is 2.16. The Morgan fingerprint density at radius 3 is 2.47 bits per heavy atom. The van der Waals surface area contributed by atoms with Gasteiger partial charge in [0.05, 0.1) is 12.2 Å².